The fraction of sp³-hybridized carbons (Fsp3) is 0. The van der Waals surface area contributed by atoms with Gasteiger partial charge in [-0.15, -0.1) is 0 Å². The molecule has 6 heteroatoms. The van der Waals surface area contributed by atoms with Crippen LogP contribution >= 0.6 is 0 Å². The molecule has 4 aromatic rings. The second-order valence-electron chi connectivity index (χ2n) is 5.83. The van der Waals surface area contributed by atoms with Crippen molar-refractivity contribution >= 4 is 22.8 Å². The Bertz CT molecular complexity index is 1150. The van der Waals surface area contributed by atoms with Gasteiger partial charge in [-0.25, -0.2) is 9.78 Å². The number of para-hydroxylation sites is 1. The first-order chi connectivity index (χ1) is 13.1. The number of pyridine rings is 1. The predicted octanol–water partition coefficient (Wildman–Crippen LogP) is 3.81. The van der Waals surface area contributed by atoms with Gasteiger partial charge in [0.15, 0.2) is 5.76 Å². The van der Waals surface area contributed by atoms with E-state index >= 15 is 0 Å². The number of carbonyl (C=O) groups excluding carboxylic acids is 2. The summed E-state index contributed by atoms with van der Waals surface area (Å²) in [6, 6.07) is 18.6. The number of carbonyl (C=O) groups is 2. The van der Waals surface area contributed by atoms with E-state index in [0.717, 1.165) is 0 Å². The number of aromatic nitrogens is 1. The molecule has 0 bridgehead atoms. The molecular weight excluding hydrogens is 344 g/mol. The third-order valence-corrected chi connectivity index (χ3v) is 4.04. The van der Waals surface area contributed by atoms with Gasteiger partial charge in [-0.1, -0.05) is 24.3 Å². The average Bonchev–Trinajstić information content (AvgIpc) is 3.22. The lowest BCUT2D eigenvalue weighted by Gasteiger charge is -2.09. The van der Waals surface area contributed by atoms with Gasteiger partial charge in [0, 0.05) is 10.9 Å². The first kappa shape index (κ1) is 16.5. The highest BCUT2D eigenvalue weighted by Crippen LogP contribution is 2.26. The minimum absolute atomic E-state index is 0.233. The summed E-state index contributed by atoms with van der Waals surface area (Å²) in [4.78, 5) is 28.7. The van der Waals surface area contributed by atoms with E-state index in [1.165, 1.54) is 6.07 Å². The molecule has 1 amide bonds. The summed E-state index contributed by atoms with van der Waals surface area (Å²) in [5.74, 6) is -0.382. The number of amides is 1. The molecule has 0 aliphatic heterocycles. The quantitative estimate of drug-likeness (QED) is 0.442. The van der Waals surface area contributed by atoms with Gasteiger partial charge in [0.05, 0.1) is 17.3 Å². The van der Waals surface area contributed by atoms with Gasteiger partial charge in [0.1, 0.15) is 11.4 Å². The van der Waals surface area contributed by atoms with Crippen LogP contribution in [0.4, 0.5) is 0 Å². The molecule has 0 unspecified atom stereocenters. The molecule has 2 aromatic heterocycles. The molecule has 132 valence electrons. The maximum atomic E-state index is 12.8. The smallest absolute Gasteiger partial charge is 0.344 e. The molecular formula is C21H14N2O4. The zero-order valence-corrected chi connectivity index (χ0v) is 14.1. The Kier molecular flexibility index (Phi) is 4.14. The molecule has 2 N–H and O–H groups in total. The van der Waals surface area contributed by atoms with Crippen LogP contribution in [0, 0.1) is 0 Å². The summed E-state index contributed by atoms with van der Waals surface area (Å²) < 4.78 is 10.9. The molecule has 0 aliphatic carbocycles. The van der Waals surface area contributed by atoms with Gasteiger partial charge < -0.3 is 14.9 Å². The summed E-state index contributed by atoms with van der Waals surface area (Å²) in [5, 5.41) is 0.656. The van der Waals surface area contributed by atoms with E-state index in [-0.39, 0.29) is 11.3 Å². The van der Waals surface area contributed by atoms with Crippen molar-refractivity contribution in [3.8, 4) is 17.2 Å². The molecule has 0 fully saturated rings. The van der Waals surface area contributed by atoms with Crippen LogP contribution in [-0.2, 0) is 0 Å². The van der Waals surface area contributed by atoms with Crippen LogP contribution in [0.15, 0.2) is 77.4 Å². The highest BCUT2D eigenvalue weighted by Gasteiger charge is 2.17. The topological polar surface area (TPSA) is 95.4 Å². The second kappa shape index (κ2) is 6.76. The Hall–Kier alpha value is -3.93. The van der Waals surface area contributed by atoms with E-state index < -0.39 is 11.9 Å². The second-order valence-corrected chi connectivity index (χ2v) is 5.83. The number of fused-ring (bicyclic) bond motifs is 1. The van der Waals surface area contributed by atoms with Crippen LogP contribution < -0.4 is 10.5 Å². The molecule has 2 heterocycles. The standard InChI is InChI=1S/C21H14N2O4/c22-20(24)13-5-3-6-14(11-13)27-21(25)16-12-18(19-9-4-10-26-19)23-17-8-2-1-7-15(16)17/h1-12H,(H2,22,24). The van der Waals surface area contributed by atoms with Crippen LogP contribution in [-0.4, -0.2) is 16.9 Å². The summed E-state index contributed by atoms with van der Waals surface area (Å²) in [6.07, 6.45) is 1.54. The maximum Gasteiger partial charge on any atom is 0.344 e. The predicted molar refractivity (Wildman–Crippen MR) is 99.4 cm³/mol. The van der Waals surface area contributed by atoms with Crippen molar-refractivity contribution in [3.05, 3.63) is 84.1 Å². The molecule has 0 atom stereocenters. The van der Waals surface area contributed by atoms with Crippen LogP contribution in [0.5, 0.6) is 5.75 Å². The molecule has 6 nitrogen and oxygen atoms in total. The number of hydrogen-bond donors (Lipinski definition) is 1. The Morgan fingerprint density at radius 2 is 1.81 bits per heavy atom. The van der Waals surface area contributed by atoms with Crippen molar-refractivity contribution in [1.82, 2.24) is 4.98 Å². The van der Waals surface area contributed by atoms with E-state index in [1.807, 2.05) is 18.2 Å². The fourth-order valence-electron chi connectivity index (χ4n) is 2.77. The zero-order chi connectivity index (χ0) is 18.8. The maximum absolute atomic E-state index is 12.8. The number of primary amides is 1. The number of nitrogens with zero attached hydrogens (tertiary/aromatic N) is 1. The van der Waals surface area contributed by atoms with Crippen LogP contribution in [0.25, 0.3) is 22.4 Å². The van der Waals surface area contributed by atoms with E-state index in [9.17, 15) is 9.59 Å². The molecule has 0 saturated heterocycles. The molecule has 0 aliphatic rings. The van der Waals surface area contributed by atoms with Gasteiger partial charge in [-0.3, -0.25) is 4.79 Å². The van der Waals surface area contributed by atoms with Crippen molar-refractivity contribution < 1.29 is 18.7 Å². The largest absolute Gasteiger partial charge is 0.463 e. The Morgan fingerprint density at radius 1 is 0.963 bits per heavy atom. The molecule has 4 rings (SSSR count). The number of ether oxygens (including phenoxy) is 1. The third-order valence-electron chi connectivity index (χ3n) is 4.04. The zero-order valence-electron chi connectivity index (χ0n) is 14.1. The molecule has 0 spiro atoms. The summed E-state index contributed by atoms with van der Waals surface area (Å²) in [6.45, 7) is 0. The number of nitrogens with two attached hydrogens (primary N) is 1. The monoisotopic (exact) mass is 358 g/mol. The van der Waals surface area contributed by atoms with Crippen molar-refractivity contribution in [2.24, 2.45) is 5.73 Å². The third kappa shape index (κ3) is 3.28. The minimum Gasteiger partial charge on any atom is -0.463 e. The fourth-order valence-corrected chi connectivity index (χ4v) is 2.77. The highest BCUT2D eigenvalue weighted by atomic mass is 16.5. The lowest BCUT2D eigenvalue weighted by atomic mass is 10.1. The minimum atomic E-state index is -0.595. The van der Waals surface area contributed by atoms with Crippen molar-refractivity contribution in [3.63, 3.8) is 0 Å². The van der Waals surface area contributed by atoms with Crippen molar-refractivity contribution in [2.75, 3.05) is 0 Å². The number of benzene rings is 2. The van der Waals surface area contributed by atoms with E-state index in [2.05, 4.69) is 4.98 Å². The number of esters is 1. The lowest BCUT2D eigenvalue weighted by Crippen LogP contribution is -2.13. The summed E-state index contributed by atoms with van der Waals surface area (Å²) >= 11 is 0. The average molecular weight is 358 g/mol. The Labute approximate surface area is 154 Å². The number of hydrogen-bond acceptors (Lipinski definition) is 5. The molecule has 0 radical (unpaired) electrons. The van der Waals surface area contributed by atoms with Gasteiger partial charge in [0.25, 0.3) is 0 Å². The summed E-state index contributed by atoms with van der Waals surface area (Å²) in [5.41, 5.74) is 7.05. The number of furan rings is 1. The lowest BCUT2D eigenvalue weighted by molar-refractivity contribution is 0.0735. The van der Waals surface area contributed by atoms with E-state index in [1.54, 1.807) is 48.7 Å². The van der Waals surface area contributed by atoms with Crippen molar-refractivity contribution in [1.29, 1.82) is 0 Å². The van der Waals surface area contributed by atoms with E-state index in [0.29, 0.717) is 27.9 Å². The van der Waals surface area contributed by atoms with Gasteiger partial charge in [-0.05, 0) is 42.5 Å². The van der Waals surface area contributed by atoms with Gasteiger partial charge in [0.2, 0.25) is 5.91 Å². The van der Waals surface area contributed by atoms with Crippen LogP contribution in [0.1, 0.15) is 20.7 Å². The van der Waals surface area contributed by atoms with E-state index in [4.69, 9.17) is 14.9 Å². The summed E-state index contributed by atoms with van der Waals surface area (Å²) in [7, 11) is 0. The van der Waals surface area contributed by atoms with Gasteiger partial charge in [-0.2, -0.15) is 0 Å². The Balaban J connectivity index is 1.77. The van der Waals surface area contributed by atoms with Gasteiger partial charge >= 0.3 is 5.97 Å². The Morgan fingerprint density at radius 3 is 2.59 bits per heavy atom. The van der Waals surface area contributed by atoms with Crippen LogP contribution in [0.2, 0.25) is 0 Å². The molecule has 2 aromatic carbocycles. The number of rotatable bonds is 4. The normalized spacial score (nSPS) is 10.7. The van der Waals surface area contributed by atoms with Crippen LogP contribution in [0.3, 0.4) is 0 Å². The first-order valence-electron chi connectivity index (χ1n) is 8.17. The SMILES string of the molecule is NC(=O)c1cccc(OC(=O)c2cc(-c3ccco3)nc3ccccc23)c1. The first-order valence-corrected chi connectivity index (χ1v) is 8.17. The molecule has 0 saturated carbocycles. The highest BCUT2D eigenvalue weighted by molar-refractivity contribution is 6.05. The molecule has 27 heavy (non-hydrogen) atoms. The van der Waals surface area contributed by atoms with Crippen molar-refractivity contribution in [2.45, 2.75) is 0 Å².